The molecule has 0 aliphatic heterocycles. The quantitative estimate of drug-likeness (QED) is 0.132. The Balaban J connectivity index is 1.13. The van der Waals surface area contributed by atoms with Crippen LogP contribution in [-0.2, 0) is 0 Å². The molecule has 256 valence electrons. The van der Waals surface area contributed by atoms with Crippen molar-refractivity contribution >= 4 is 54.1 Å². The molecule has 0 aliphatic rings. The zero-order chi connectivity index (χ0) is 36.3. The summed E-state index contributed by atoms with van der Waals surface area (Å²) < 4.78 is 2.36. The highest BCUT2D eigenvalue weighted by molar-refractivity contribution is 6.20. The van der Waals surface area contributed by atoms with Gasteiger partial charge in [0.15, 0.2) is 5.82 Å². The van der Waals surface area contributed by atoms with Crippen LogP contribution in [0.3, 0.4) is 0 Å². The van der Waals surface area contributed by atoms with E-state index in [1.165, 1.54) is 54.2 Å². The van der Waals surface area contributed by atoms with Gasteiger partial charge in [-0.05, 0) is 85.9 Å². The second-order valence-corrected chi connectivity index (χ2v) is 14.2. The van der Waals surface area contributed by atoms with Gasteiger partial charge in [0.05, 0.1) is 22.4 Å². The molecule has 0 fully saturated rings. The molecule has 55 heavy (non-hydrogen) atoms. The maximum absolute atomic E-state index is 5.25. The second kappa shape index (κ2) is 12.6. The molecule has 0 saturated heterocycles. The Kier molecular flexibility index (Phi) is 7.17. The summed E-state index contributed by atoms with van der Waals surface area (Å²) in [7, 11) is 0. The Morgan fingerprint density at radius 2 is 0.909 bits per heavy atom. The minimum Gasteiger partial charge on any atom is -0.309 e. The molecule has 11 rings (SSSR count). The first-order valence-corrected chi connectivity index (χ1v) is 18.7. The molecule has 9 aromatic carbocycles. The van der Waals surface area contributed by atoms with Crippen molar-refractivity contribution in [3.63, 3.8) is 0 Å². The van der Waals surface area contributed by atoms with Gasteiger partial charge < -0.3 is 4.57 Å². The van der Waals surface area contributed by atoms with Gasteiger partial charge in [-0.15, -0.1) is 0 Å². The monoisotopic (exact) mass is 699 g/mol. The molecule has 3 nitrogen and oxygen atoms in total. The van der Waals surface area contributed by atoms with E-state index in [-0.39, 0.29) is 0 Å². The molecule has 0 atom stereocenters. The first-order valence-electron chi connectivity index (χ1n) is 18.7. The molecular weight excluding hydrogens is 667 g/mol. The van der Waals surface area contributed by atoms with Crippen LogP contribution in [0.15, 0.2) is 200 Å². The molecule has 0 unspecified atom stereocenters. The Labute approximate surface area is 318 Å². The average molecular weight is 700 g/mol. The van der Waals surface area contributed by atoms with E-state index in [1.54, 1.807) is 0 Å². The zero-order valence-corrected chi connectivity index (χ0v) is 29.9. The van der Waals surface area contributed by atoms with Crippen molar-refractivity contribution in [3.05, 3.63) is 200 Å². The van der Waals surface area contributed by atoms with Crippen LogP contribution in [0.4, 0.5) is 0 Å². The highest BCUT2D eigenvalue weighted by Gasteiger charge is 2.17. The topological polar surface area (TPSA) is 30.7 Å². The van der Waals surface area contributed by atoms with Crippen LogP contribution in [-0.4, -0.2) is 14.5 Å². The summed E-state index contributed by atoms with van der Waals surface area (Å²) >= 11 is 0. The number of rotatable bonds is 5. The summed E-state index contributed by atoms with van der Waals surface area (Å²) in [6, 6.07) is 71.6. The number of para-hydroxylation sites is 2. The summed E-state index contributed by atoms with van der Waals surface area (Å²) in [6.07, 6.45) is 0. The Bertz CT molecular complexity index is 3250. The molecule has 0 spiro atoms. The van der Waals surface area contributed by atoms with Crippen molar-refractivity contribution in [1.29, 1.82) is 0 Å². The summed E-state index contributed by atoms with van der Waals surface area (Å²) in [4.78, 5) is 10.5. The van der Waals surface area contributed by atoms with Crippen molar-refractivity contribution in [2.75, 3.05) is 0 Å². The van der Waals surface area contributed by atoms with E-state index in [0.717, 1.165) is 44.8 Å². The summed E-state index contributed by atoms with van der Waals surface area (Å²) in [6.45, 7) is 0. The predicted octanol–water partition coefficient (Wildman–Crippen LogP) is 13.7. The first-order chi connectivity index (χ1) is 27.3. The SMILES string of the molecule is c1ccc(-c2nc(-c3cccc(-c4c5ccccc5cc5c4ccc4ccccc45)c3)cc(-c3ccc4c5ccccc5n(-c5ccccc5)c4c3)n2)cc1. The van der Waals surface area contributed by atoms with Gasteiger partial charge in [0.25, 0.3) is 0 Å². The fraction of sp³-hybridized carbons (Fsp3) is 0. The highest BCUT2D eigenvalue weighted by atomic mass is 15.0. The molecule has 11 aromatic rings. The van der Waals surface area contributed by atoms with Crippen LogP contribution in [0.1, 0.15) is 0 Å². The number of nitrogens with zero attached hydrogens (tertiary/aromatic N) is 3. The van der Waals surface area contributed by atoms with Crippen LogP contribution in [0.5, 0.6) is 0 Å². The number of hydrogen-bond acceptors (Lipinski definition) is 2. The third-order valence-corrected chi connectivity index (χ3v) is 11.0. The van der Waals surface area contributed by atoms with Gasteiger partial charge in [-0.2, -0.15) is 0 Å². The minimum atomic E-state index is 0.698. The fourth-order valence-electron chi connectivity index (χ4n) is 8.41. The lowest BCUT2D eigenvalue weighted by molar-refractivity contribution is 1.17. The molecule has 0 amide bonds. The summed E-state index contributed by atoms with van der Waals surface area (Å²) in [5, 5.41) is 9.91. The predicted molar refractivity (Wildman–Crippen MR) is 231 cm³/mol. The molecule has 0 bridgehead atoms. The van der Waals surface area contributed by atoms with Crippen molar-refractivity contribution < 1.29 is 0 Å². The van der Waals surface area contributed by atoms with E-state index in [0.29, 0.717) is 5.82 Å². The molecule has 0 saturated carbocycles. The second-order valence-electron chi connectivity index (χ2n) is 14.2. The smallest absolute Gasteiger partial charge is 0.160 e. The van der Waals surface area contributed by atoms with Gasteiger partial charge in [0.2, 0.25) is 0 Å². The standard InChI is InChI=1S/C52H33N3/c1-3-15-35(16-4-1)52-53-47(33-48(54-52)38-27-28-44-43-24-11-12-25-49(43)55(50(44)32-38)40-20-5-2-6-21-40)37-18-13-19-39(30-37)51-42-23-10-8-17-36(42)31-46-41-22-9-7-14-34(41)26-29-45(46)51/h1-33H. The fourth-order valence-corrected chi connectivity index (χ4v) is 8.41. The maximum Gasteiger partial charge on any atom is 0.160 e. The number of benzene rings is 9. The minimum absolute atomic E-state index is 0.698. The van der Waals surface area contributed by atoms with Gasteiger partial charge in [0.1, 0.15) is 0 Å². The lowest BCUT2D eigenvalue weighted by Crippen LogP contribution is -1.97. The molecule has 3 heteroatoms. The van der Waals surface area contributed by atoms with E-state index in [2.05, 4.69) is 187 Å². The maximum atomic E-state index is 5.25. The van der Waals surface area contributed by atoms with Gasteiger partial charge in [0, 0.05) is 33.2 Å². The summed E-state index contributed by atoms with van der Waals surface area (Å²) in [5.74, 6) is 0.698. The van der Waals surface area contributed by atoms with Gasteiger partial charge in [-0.25, -0.2) is 9.97 Å². The third-order valence-electron chi connectivity index (χ3n) is 11.0. The Morgan fingerprint density at radius 1 is 0.309 bits per heavy atom. The van der Waals surface area contributed by atoms with Crippen molar-refractivity contribution in [3.8, 4) is 50.7 Å². The number of hydrogen-bond donors (Lipinski definition) is 0. The lowest BCUT2D eigenvalue weighted by Gasteiger charge is -2.15. The van der Waals surface area contributed by atoms with E-state index in [9.17, 15) is 0 Å². The lowest BCUT2D eigenvalue weighted by atomic mass is 9.89. The van der Waals surface area contributed by atoms with E-state index >= 15 is 0 Å². The van der Waals surface area contributed by atoms with Crippen molar-refractivity contribution in [2.45, 2.75) is 0 Å². The van der Waals surface area contributed by atoms with Gasteiger partial charge >= 0.3 is 0 Å². The Hall–Kier alpha value is -7.36. The Morgan fingerprint density at radius 3 is 1.73 bits per heavy atom. The molecule has 2 aromatic heterocycles. The summed E-state index contributed by atoms with van der Waals surface area (Å²) in [5.41, 5.74) is 10.7. The molecule has 0 radical (unpaired) electrons. The largest absolute Gasteiger partial charge is 0.309 e. The molecular formula is C52H33N3. The van der Waals surface area contributed by atoms with E-state index < -0.39 is 0 Å². The van der Waals surface area contributed by atoms with Crippen LogP contribution in [0, 0.1) is 0 Å². The van der Waals surface area contributed by atoms with Gasteiger partial charge in [-0.3, -0.25) is 0 Å². The zero-order valence-electron chi connectivity index (χ0n) is 29.9. The highest BCUT2D eigenvalue weighted by Crippen LogP contribution is 2.41. The molecule has 0 N–H and O–H groups in total. The van der Waals surface area contributed by atoms with Gasteiger partial charge in [-0.1, -0.05) is 158 Å². The van der Waals surface area contributed by atoms with E-state index in [4.69, 9.17) is 9.97 Å². The van der Waals surface area contributed by atoms with E-state index in [1.807, 2.05) is 18.2 Å². The van der Waals surface area contributed by atoms with Crippen molar-refractivity contribution in [1.82, 2.24) is 14.5 Å². The number of aromatic nitrogens is 3. The first kappa shape index (κ1) is 31.2. The molecule has 0 aliphatic carbocycles. The van der Waals surface area contributed by atoms with Crippen molar-refractivity contribution in [2.24, 2.45) is 0 Å². The van der Waals surface area contributed by atoms with Crippen LogP contribution in [0.2, 0.25) is 0 Å². The molecule has 2 heterocycles. The van der Waals surface area contributed by atoms with Crippen LogP contribution >= 0.6 is 0 Å². The van der Waals surface area contributed by atoms with Crippen LogP contribution in [0.25, 0.3) is 105 Å². The third kappa shape index (κ3) is 5.20. The average Bonchev–Trinajstić information content (AvgIpc) is 3.59. The normalized spacial score (nSPS) is 11.6. The number of fused-ring (bicyclic) bond motifs is 7. The van der Waals surface area contributed by atoms with Crippen LogP contribution < -0.4 is 0 Å².